The largest absolute Gasteiger partial charge is 0.496 e. The van der Waals surface area contributed by atoms with Crippen molar-refractivity contribution in [2.45, 2.75) is 24.4 Å². The summed E-state index contributed by atoms with van der Waals surface area (Å²) in [6.07, 6.45) is 1.69. The Hall–Kier alpha value is -2.05. The maximum atomic E-state index is 9.52. The van der Waals surface area contributed by atoms with Gasteiger partial charge in [-0.3, -0.25) is 4.98 Å². The molecule has 0 saturated heterocycles. The number of aliphatic hydroxyl groups is 1. The van der Waals surface area contributed by atoms with Crippen LogP contribution < -0.4 is 4.74 Å². The highest BCUT2D eigenvalue weighted by Crippen LogP contribution is 2.27. The lowest BCUT2D eigenvalue weighted by atomic mass is 10.2. The van der Waals surface area contributed by atoms with Crippen LogP contribution in [0.3, 0.4) is 0 Å². The molecule has 0 amide bonds. The third-order valence-corrected chi connectivity index (χ3v) is 4.33. The van der Waals surface area contributed by atoms with E-state index in [0.29, 0.717) is 11.5 Å². The van der Waals surface area contributed by atoms with Crippen molar-refractivity contribution >= 4 is 22.8 Å². The SMILES string of the molecule is COc1ccnc(CSc2nc3ccc(C)cc3[nH]2)c1CO. The first-order valence-corrected chi connectivity index (χ1v) is 7.90. The molecule has 114 valence electrons. The number of aromatic nitrogens is 3. The zero-order chi connectivity index (χ0) is 15.5. The van der Waals surface area contributed by atoms with E-state index in [-0.39, 0.29) is 6.61 Å². The Balaban J connectivity index is 1.82. The van der Waals surface area contributed by atoms with Gasteiger partial charge in [-0.1, -0.05) is 17.8 Å². The minimum Gasteiger partial charge on any atom is -0.496 e. The van der Waals surface area contributed by atoms with Crippen LogP contribution in [0.1, 0.15) is 16.8 Å². The minimum absolute atomic E-state index is 0.0910. The number of nitrogens with zero attached hydrogens (tertiary/aromatic N) is 2. The maximum absolute atomic E-state index is 9.52. The Morgan fingerprint density at radius 2 is 2.18 bits per heavy atom. The van der Waals surface area contributed by atoms with Gasteiger partial charge in [0.25, 0.3) is 0 Å². The molecule has 0 aliphatic heterocycles. The maximum Gasteiger partial charge on any atom is 0.166 e. The van der Waals surface area contributed by atoms with Crippen molar-refractivity contribution in [3.05, 3.63) is 47.3 Å². The zero-order valence-corrected chi connectivity index (χ0v) is 13.3. The van der Waals surface area contributed by atoms with E-state index in [2.05, 4.69) is 27.9 Å². The molecule has 6 heteroatoms. The van der Waals surface area contributed by atoms with Crippen LogP contribution >= 0.6 is 11.8 Å². The van der Waals surface area contributed by atoms with E-state index in [4.69, 9.17) is 4.74 Å². The van der Waals surface area contributed by atoms with E-state index in [1.165, 1.54) is 5.56 Å². The molecule has 0 radical (unpaired) electrons. The number of methoxy groups -OCH3 is 1. The first-order valence-electron chi connectivity index (χ1n) is 6.92. The van der Waals surface area contributed by atoms with Gasteiger partial charge < -0.3 is 14.8 Å². The molecular formula is C16H17N3O2S. The van der Waals surface area contributed by atoms with E-state index in [0.717, 1.165) is 27.4 Å². The Kier molecular flexibility index (Phi) is 4.31. The number of benzene rings is 1. The monoisotopic (exact) mass is 315 g/mol. The third-order valence-electron chi connectivity index (χ3n) is 3.44. The predicted octanol–water partition coefficient (Wildman–Crippen LogP) is 3.06. The van der Waals surface area contributed by atoms with Crippen LogP contribution in [0.2, 0.25) is 0 Å². The molecule has 2 heterocycles. The normalized spacial score (nSPS) is 11.0. The topological polar surface area (TPSA) is 71.0 Å². The number of aromatic amines is 1. The second kappa shape index (κ2) is 6.37. The molecule has 0 aliphatic carbocycles. The van der Waals surface area contributed by atoms with Gasteiger partial charge in [0.05, 0.1) is 30.4 Å². The lowest BCUT2D eigenvalue weighted by Gasteiger charge is -2.09. The fourth-order valence-electron chi connectivity index (χ4n) is 2.31. The zero-order valence-electron chi connectivity index (χ0n) is 12.5. The first kappa shape index (κ1) is 14.9. The predicted molar refractivity (Wildman–Crippen MR) is 87.1 cm³/mol. The van der Waals surface area contributed by atoms with Crippen molar-refractivity contribution < 1.29 is 9.84 Å². The number of thioether (sulfide) groups is 1. The Morgan fingerprint density at radius 1 is 1.32 bits per heavy atom. The number of fused-ring (bicyclic) bond motifs is 1. The number of aryl methyl sites for hydroxylation is 1. The Labute approximate surface area is 132 Å². The van der Waals surface area contributed by atoms with Gasteiger partial charge in [0.15, 0.2) is 5.16 Å². The van der Waals surface area contributed by atoms with Crippen molar-refractivity contribution in [3.63, 3.8) is 0 Å². The molecule has 1 aromatic carbocycles. The van der Waals surface area contributed by atoms with Crippen LogP contribution in [0, 0.1) is 6.92 Å². The van der Waals surface area contributed by atoms with Gasteiger partial charge in [-0.15, -0.1) is 0 Å². The van der Waals surface area contributed by atoms with E-state index < -0.39 is 0 Å². The molecule has 0 spiro atoms. The van der Waals surface area contributed by atoms with Gasteiger partial charge in [-0.25, -0.2) is 4.98 Å². The molecule has 22 heavy (non-hydrogen) atoms. The summed E-state index contributed by atoms with van der Waals surface area (Å²) in [5.74, 6) is 1.28. The molecule has 3 rings (SSSR count). The van der Waals surface area contributed by atoms with Crippen LogP contribution in [0.5, 0.6) is 5.75 Å². The van der Waals surface area contributed by atoms with Crippen molar-refractivity contribution in [3.8, 4) is 5.75 Å². The number of imidazole rings is 1. The lowest BCUT2D eigenvalue weighted by Crippen LogP contribution is -2.00. The fourth-order valence-corrected chi connectivity index (χ4v) is 3.17. The van der Waals surface area contributed by atoms with E-state index in [1.54, 1.807) is 31.1 Å². The molecule has 2 aromatic heterocycles. The molecule has 0 aliphatic rings. The number of hydrogen-bond donors (Lipinski definition) is 2. The highest BCUT2D eigenvalue weighted by atomic mass is 32.2. The Bertz CT molecular complexity index is 801. The van der Waals surface area contributed by atoms with Crippen LogP contribution in [-0.4, -0.2) is 27.2 Å². The standard InChI is InChI=1S/C16H17N3O2S/c1-10-3-4-12-13(7-10)19-16(18-12)22-9-14-11(8-20)15(21-2)5-6-17-14/h3-7,20H,8-9H2,1-2H3,(H,18,19). The average molecular weight is 315 g/mol. The number of hydrogen-bond acceptors (Lipinski definition) is 5. The summed E-state index contributed by atoms with van der Waals surface area (Å²) in [5.41, 5.74) is 4.72. The highest BCUT2D eigenvalue weighted by molar-refractivity contribution is 7.98. The molecule has 0 atom stereocenters. The lowest BCUT2D eigenvalue weighted by molar-refractivity contribution is 0.272. The summed E-state index contributed by atoms with van der Waals surface area (Å²) in [4.78, 5) is 12.2. The fraction of sp³-hybridized carbons (Fsp3) is 0.250. The smallest absolute Gasteiger partial charge is 0.166 e. The summed E-state index contributed by atoms with van der Waals surface area (Å²) >= 11 is 1.56. The van der Waals surface area contributed by atoms with Gasteiger partial charge in [-0.2, -0.15) is 0 Å². The second-order valence-electron chi connectivity index (χ2n) is 4.95. The van der Waals surface area contributed by atoms with Gasteiger partial charge >= 0.3 is 0 Å². The number of nitrogens with one attached hydrogen (secondary N) is 1. The van der Waals surface area contributed by atoms with Crippen LogP contribution in [0.15, 0.2) is 35.6 Å². The number of H-pyrrole nitrogens is 1. The van der Waals surface area contributed by atoms with Crippen LogP contribution in [0.25, 0.3) is 11.0 Å². The molecule has 2 N–H and O–H groups in total. The summed E-state index contributed by atoms with van der Waals surface area (Å²) in [6.45, 7) is 1.97. The molecule has 5 nitrogen and oxygen atoms in total. The Morgan fingerprint density at radius 3 is 2.95 bits per heavy atom. The number of pyridine rings is 1. The number of rotatable bonds is 5. The minimum atomic E-state index is -0.0910. The van der Waals surface area contributed by atoms with Crippen molar-refractivity contribution in [1.82, 2.24) is 15.0 Å². The van der Waals surface area contributed by atoms with E-state index in [1.807, 2.05) is 12.1 Å². The quantitative estimate of drug-likeness (QED) is 0.708. The number of aliphatic hydroxyl groups excluding tert-OH is 1. The van der Waals surface area contributed by atoms with E-state index in [9.17, 15) is 5.11 Å². The van der Waals surface area contributed by atoms with Gasteiger partial charge in [0, 0.05) is 17.5 Å². The average Bonchev–Trinajstić information content (AvgIpc) is 2.94. The van der Waals surface area contributed by atoms with Crippen LogP contribution in [0.4, 0.5) is 0 Å². The van der Waals surface area contributed by atoms with Gasteiger partial charge in [0.2, 0.25) is 0 Å². The van der Waals surface area contributed by atoms with Crippen molar-refractivity contribution in [2.75, 3.05) is 7.11 Å². The number of ether oxygens (including phenoxy) is 1. The van der Waals surface area contributed by atoms with Crippen LogP contribution in [-0.2, 0) is 12.4 Å². The molecule has 0 unspecified atom stereocenters. The summed E-state index contributed by atoms with van der Waals surface area (Å²) in [7, 11) is 1.59. The molecular weight excluding hydrogens is 298 g/mol. The summed E-state index contributed by atoms with van der Waals surface area (Å²) in [6, 6.07) is 7.89. The second-order valence-corrected chi connectivity index (χ2v) is 5.91. The molecule has 3 aromatic rings. The molecule has 0 bridgehead atoms. The summed E-state index contributed by atoms with van der Waals surface area (Å²) in [5, 5.41) is 10.4. The highest BCUT2D eigenvalue weighted by Gasteiger charge is 2.11. The first-order chi connectivity index (χ1) is 10.7. The van der Waals surface area contributed by atoms with Gasteiger partial charge in [-0.05, 0) is 30.7 Å². The summed E-state index contributed by atoms with van der Waals surface area (Å²) < 4.78 is 5.26. The van der Waals surface area contributed by atoms with Crippen molar-refractivity contribution in [2.24, 2.45) is 0 Å². The van der Waals surface area contributed by atoms with Gasteiger partial charge in [0.1, 0.15) is 5.75 Å². The molecule has 0 saturated carbocycles. The van der Waals surface area contributed by atoms with E-state index >= 15 is 0 Å². The molecule has 0 fully saturated rings. The third kappa shape index (κ3) is 2.93. The van der Waals surface area contributed by atoms with Crippen molar-refractivity contribution in [1.29, 1.82) is 0 Å².